The molecule has 0 bridgehead atoms. The molecule has 2 heterocycles. The van der Waals surface area contributed by atoms with Crippen LogP contribution in [0.25, 0.3) is 0 Å². The highest BCUT2D eigenvalue weighted by molar-refractivity contribution is 7.99. The smallest absolute Gasteiger partial charge is 0.327 e. The van der Waals surface area contributed by atoms with Gasteiger partial charge in [0.2, 0.25) is 5.91 Å². The summed E-state index contributed by atoms with van der Waals surface area (Å²) in [5.41, 5.74) is 0. The topological polar surface area (TPSA) is 69.6 Å². The predicted octanol–water partition coefficient (Wildman–Crippen LogP) is 0.261. The summed E-state index contributed by atoms with van der Waals surface area (Å²) >= 11 is 1.61. The molecule has 2 fully saturated rings. The highest BCUT2D eigenvalue weighted by Gasteiger charge is 2.38. The predicted molar refractivity (Wildman–Crippen MR) is 70.6 cm³/mol. The Labute approximate surface area is 111 Å². The molecule has 0 aromatic rings. The Kier molecular flexibility index (Phi) is 4.50. The fourth-order valence-electron chi connectivity index (χ4n) is 2.67. The number of aliphatic carboxylic acids is 1. The fraction of sp³-hybridized carbons (Fsp3) is 0.833. The molecule has 1 amide bonds. The van der Waals surface area contributed by atoms with E-state index in [9.17, 15) is 14.7 Å². The van der Waals surface area contributed by atoms with Crippen LogP contribution in [0.3, 0.4) is 0 Å². The zero-order valence-electron chi connectivity index (χ0n) is 10.6. The molecule has 0 aliphatic carbocycles. The summed E-state index contributed by atoms with van der Waals surface area (Å²) in [6.45, 7) is 4.32. The number of rotatable bonds is 2. The summed E-state index contributed by atoms with van der Waals surface area (Å²) in [4.78, 5) is 25.3. The van der Waals surface area contributed by atoms with E-state index in [2.05, 4.69) is 12.2 Å². The first-order valence-corrected chi connectivity index (χ1v) is 7.58. The molecule has 5 nitrogen and oxygen atoms in total. The largest absolute Gasteiger partial charge is 0.480 e. The monoisotopic (exact) mass is 272 g/mol. The molecule has 2 rings (SSSR count). The minimum absolute atomic E-state index is 0.0174. The number of thioether (sulfide) groups is 1. The molecule has 102 valence electrons. The van der Waals surface area contributed by atoms with E-state index in [-0.39, 0.29) is 17.7 Å². The van der Waals surface area contributed by atoms with Gasteiger partial charge in [0, 0.05) is 24.0 Å². The maximum atomic E-state index is 12.5. The average molecular weight is 272 g/mol. The minimum Gasteiger partial charge on any atom is -0.480 e. The van der Waals surface area contributed by atoms with Gasteiger partial charge in [0.25, 0.3) is 0 Å². The summed E-state index contributed by atoms with van der Waals surface area (Å²) in [6, 6.07) is -0.640. The molecule has 2 N–H and O–H groups in total. The van der Waals surface area contributed by atoms with Gasteiger partial charge in [-0.1, -0.05) is 6.92 Å². The van der Waals surface area contributed by atoms with E-state index >= 15 is 0 Å². The van der Waals surface area contributed by atoms with Crippen LogP contribution in [0.15, 0.2) is 0 Å². The van der Waals surface area contributed by atoms with Crippen LogP contribution in [0.1, 0.15) is 13.3 Å². The van der Waals surface area contributed by atoms with Crippen LogP contribution in [0, 0.1) is 11.8 Å². The molecule has 0 saturated carbocycles. The number of piperidine rings is 1. The molecule has 3 atom stereocenters. The van der Waals surface area contributed by atoms with Crippen molar-refractivity contribution in [2.24, 2.45) is 11.8 Å². The number of nitrogens with one attached hydrogen (secondary N) is 1. The minimum atomic E-state index is -0.878. The van der Waals surface area contributed by atoms with Crippen LogP contribution in [0.4, 0.5) is 0 Å². The Morgan fingerprint density at radius 1 is 1.44 bits per heavy atom. The van der Waals surface area contributed by atoms with Gasteiger partial charge < -0.3 is 15.3 Å². The molecule has 3 unspecified atom stereocenters. The van der Waals surface area contributed by atoms with Gasteiger partial charge in [-0.3, -0.25) is 4.79 Å². The third kappa shape index (κ3) is 2.80. The fourth-order valence-corrected chi connectivity index (χ4v) is 3.70. The third-order valence-corrected chi connectivity index (χ3v) is 4.82. The van der Waals surface area contributed by atoms with Crippen molar-refractivity contribution in [1.82, 2.24) is 10.2 Å². The zero-order chi connectivity index (χ0) is 13.1. The third-order valence-electron chi connectivity index (χ3n) is 3.80. The molecule has 0 spiro atoms. The number of carboxylic acids is 1. The van der Waals surface area contributed by atoms with Crippen molar-refractivity contribution in [2.75, 3.05) is 31.1 Å². The van der Waals surface area contributed by atoms with Crippen LogP contribution >= 0.6 is 11.8 Å². The average Bonchev–Trinajstić information content (AvgIpc) is 2.38. The Balaban J connectivity index is 2.07. The van der Waals surface area contributed by atoms with Gasteiger partial charge in [-0.05, 0) is 25.4 Å². The lowest BCUT2D eigenvalue weighted by atomic mass is 9.86. The zero-order valence-corrected chi connectivity index (χ0v) is 11.4. The number of carbonyl (C=O) groups excluding carboxylic acids is 1. The first kappa shape index (κ1) is 13.7. The van der Waals surface area contributed by atoms with E-state index in [1.807, 2.05) is 0 Å². The lowest BCUT2D eigenvalue weighted by Crippen LogP contribution is -2.54. The van der Waals surface area contributed by atoms with Crippen molar-refractivity contribution in [3.8, 4) is 0 Å². The van der Waals surface area contributed by atoms with Crippen molar-refractivity contribution in [2.45, 2.75) is 19.4 Å². The van der Waals surface area contributed by atoms with Gasteiger partial charge in [0.05, 0.1) is 0 Å². The van der Waals surface area contributed by atoms with Gasteiger partial charge in [-0.25, -0.2) is 4.79 Å². The summed E-state index contributed by atoms with van der Waals surface area (Å²) in [5, 5.41) is 12.5. The van der Waals surface area contributed by atoms with E-state index in [4.69, 9.17) is 0 Å². The maximum absolute atomic E-state index is 12.5. The quantitative estimate of drug-likeness (QED) is 0.754. The van der Waals surface area contributed by atoms with Crippen molar-refractivity contribution in [1.29, 1.82) is 0 Å². The summed E-state index contributed by atoms with van der Waals surface area (Å²) in [5.74, 6) is 0.787. The number of hydrogen-bond donors (Lipinski definition) is 2. The van der Waals surface area contributed by atoms with E-state index in [0.717, 1.165) is 25.3 Å². The SMILES string of the molecule is CC1CNCCC1C(=O)N1CCSCC1C(=O)O. The summed E-state index contributed by atoms with van der Waals surface area (Å²) in [7, 11) is 0. The Hall–Kier alpha value is -0.750. The van der Waals surface area contributed by atoms with Gasteiger partial charge in [0.1, 0.15) is 6.04 Å². The molecule has 0 aromatic heterocycles. The van der Waals surface area contributed by atoms with Crippen molar-refractivity contribution in [3.63, 3.8) is 0 Å². The molecule has 0 aromatic carbocycles. The number of carbonyl (C=O) groups is 2. The second kappa shape index (κ2) is 5.93. The summed E-state index contributed by atoms with van der Waals surface area (Å²) in [6.07, 6.45) is 0.815. The normalized spacial score (nSPS) is 33.2. The molecule has 18 heavy (non-hydrogen) atoms. The maximum Gasteiger partial charge on any atom is 0.327 e. The molecular formula is C12H20N2O3S. The van der Waals surface area contributed by atoms with Crippen LogP contribution in [-0.2, 0) is 9.59 Å². The van der Waals surface area contributed by atoms with Crippen LogP contribution in [0.2, 0.25) is 0 Å². The standard InChI is InChI=1S/C12H20N2O3S/c1-8-6-13-3-2-9(8)11(15)14-4-5-18-7-10(14)12(16)17/h8-10,13H,2-7H2,1H3,(H,16,17). The van der Waals surface area contributed by atoms with Gasteiger partial charge in [-0.2, -0.15) is 11.8 Å². The second-order valence-electron chi connectivity index (χ2n) is 5.04. The lowest BCUT2D eigenvalue weighted by molar-refractivity contribution is -0.152. The van der Waals surface area contributed by atoms with Crippen LogP contribution in [0.5, 0.6) is 0 Å². The Morgan fingerprint density at radius 2 is 2.22 bits per heavy atom. The van der Waals surface area contributed by atoms with E-state index < -0.39 is 12.0 Å². The number of nitrogens with zero attached hydrogens (tertiary/aromatic N) is 1. The van der Waals surface area contributed by atoms with Gasteiger partial charge >= 0.3 is 5.97 Å². The highest BCUT2D eigenvalue weighted by Crippen LogP contribution is 2.25. The number of hydrogen-bond acceptors (Lipinski definition) is 4. The number of carboxylic acid groups (broad SMARTS) is 1. The molecule has 0 radical (unpaired) electrons. The van der Waals surface area contributed by atoms with Crippen molar-refractivity contribution in [3.05, 3.63) is 0 Å². The number of amides is 1. The highest BCUT2D eigenvalue weighted by atomic mass is 32.2. The van der Waals surface area contributed by atoms with Gasteiger partial charge in [-0.15, -0.1) is 0 Å². The lowest BCUT2D eigenvalue weighted by Gasteiger charge is -2.38. The van der Waals surface area contributed by atoms with E-state index in [0.29, 0.717) is 12.3 Å². The summed E-state index contributed by atoms with van der Waals surface area (Å²) < 4.78 is 0. The Morgan fingerprint density at radius 3 is 2.89 bits per heavy atom. The molecular weight excluding hydrogens is 252 g/mol. The van der Waals surface area contributed by atoms with Crippen LogP contribution < -0.4 is 5.32 Å². The molecule has 2 saturated heterocycles. The molecule has 2 aliphatic rings. The van der Waals surface area contributed by atoms with Crippen LogP contribution in [-0.4, -0.2) is 59.1 Å². The first-order valence-electron chi connectivity index (χ1n) is 6.43. The molecule has 2 aliphatic heterocycles. The Bertz CT molecular complexity index is 337. The second-order valence-corrected chi connectivity index (χ2v) is 6.19. The van der Waals surface area contributed by atoms with E-state index in [1.54, 1.807) is 16.7 Å². The molecule has 6 heteroatoms. The van der Waals surface area contributed by atoms with Gasteiger partial charge in [0.15, 0.2) is 0 Å². The first-order chi connectivity index (χ1) is 8.61. The van der Waals surface area contributed by atoms with Crippen molar-refractivity contribution >= 4 is 23.6 Å². The van der Waals surface area contributed by atoms with E-state index in [1.165, 1.54) is 0 Å². The van der Waals surface area contributed by atoms with Crippen molar-refractivity contribution < 1.29 is 14.7 Å².